The lowest BCUT2D eigenvalue weighted by atomic mass is 10.0. The van der Waals surface area contributed by atoms with E-state index in [0.29, 0.717) is 30.7 Å². The zero-order valence-corrected chi connectivity index (χ0v) is 15.2. The smallest absolute Gasteiger partial charge is 0.215 e. The van der Waals surface area contributed by atoms with Gasteiger partial charge in [0.05, 0.1) is 19.0 Å². The summed E-state index contributed by atoms with van der Waals surface area (Å²) >= 11 is 5.83. The third kappa shape index (κ3) is 6.04. The summed E-state index contributed by atoms with van der Waals surface area (Å²) in [4.78, 5) is 2.30. The van der Waals surface area contributed by atoms with Gasteiger partial charge in [-0.05, 0) is 23.6 Å². The molecular formula is C16H25ClN2O3S. The number of morpholine rings is 1. The molecule has 0 amide bonds. The first-order valence-corrected chi connectivity index (χ1v) is 9.94. The summed E-state index contributed by atoms with van der Waals surface area (Å²) in [6, 6.07) is 7.07. The van der Waals surface area contributed by atoms with Crippen LogP contribution in [0.4, 0.5) is 0 Å². The molecule has 1 unspecified atom stereocenters. The molecule has 0 spiro atoms. The fraction of sp³-hybridized carbons (Fsp3) is 0.625. The molecule has 23 heavy (non-hydrogen) atoms. The molecule has 0 radical (unpaired) electrons. The minimum Gasteiger partial charge on any atom is -0.379 e. The summed E-state index contributed by atoms with van der Waals surface area (Å²) in [7, 11) is -3.37. The van der Waals surface area contributed by atoms with E-state index in [9.17, 15) is 8.42 Å². The van der Waals surface area contributed by atoms with Crippen LogP contribution in [0.25, 0.3) is 0 Å². The minimum absolute atomic E-state index is 0.0297. The Morgan fingerprint density at radius 3 is 2.39 bits per heavy atom. The average molecular weight is 361 g/mol. The molecule has 0 aliphatic carbocycles. The summed E-state index contributed by atoms with van der Waals surface area (Å²) < 4.78 is 32.7. The van der Waals surface area contributed by atoms with E-state index in [4.69, 9.17) is 16.3 Å². The molecule has 0 bridgehead atoms. The van der Waals surface area contributed by atoms with E-state index in [1.54, 1.807) is 24.3 Å². The quantitative estimate of drug-likeness (QED) is 0.809. The van der Waals surface area contributed by atoms with Crippen molar-refractivity contribution in [1.29, 1.82) is 0 Å². The van der Waals surface area contributed by atoms with Gasteiger partial charge in [-0.3, -0.25) is 4.90 Å². The van der Waals surface area contributed by atoms with E-state index in [1.807, 2.05) is 0 Å². The third-order valence-corrected chi connectivity index (χ3v) is 5.64. The Kier molecular flexibility index (Phi) is 6.85. The van der Waals surface area contributed by atoms with Gasteiger partial charge in [0, 0.05) is 30.7 Å². The third-order valence-electron chi connectivity index (χ3n) is 4.07. The van der Waals surface area contributed by atoms with Gasteiger partial charge in [-0.1, -0.05) is 37.6 Å². The SMILES string of the molecule is CC(C)C(CNS(=O)(=O)Cc1ccc(Cl)cc1)N1CCOCC1. The summed E-state index contributed by atoms with van der Waals surface area (Å²) in [5, 5.41) is 0.603. The second kappa shape index (κ2) is 8.44. The fourth-order valence-electron chi connectivity index (χ4n) is 2.76. The van der Waals surface area contributed by atoms with Crippen LogP contribution in [0, 0.1) is 5.92 Å². The van der Waals surface area contributed by atoms with Crippen molar-refractivity contribution in [2.45, 2.75) is 25.6 Å². The second-order valence-electron chi connectivity index (χ2n) is 6.19. The molecule has 7 heteroatoms. The molecule has 1 aromatic rings. The highest BCUT2D eigenvalue weighted by molar-refractivity contribution is 7.88. The lowest BCUT2D eigenvalue weighted by molar-refractivity contribution is 0.00776. The van der Waals surface area contributed by atoms with Crippen LogP contribution in [0.15, 0.2) is 24.3 Å². The van der Waals surface area contributed by atoms with Gasteiger partial charge in [-0.15, -0.1) is 0 Å². The van der Waals surface area contributed by atoms with Crippen LogP contribution < -0.4 is 4.72 Å². The number of hydrogen-bond acceptors (Lipinski definition) is 4. The monoisotopic (exact) mass is 360 g/mol. The molecule has 0 aromatic heterocycles. The molecule has 1 atom stereocenters. The van der Waals surface area contributed by atoms with Crippen molar-refractivity contribution < 1.29 is 13.2 Å². The predicted octanol–water partition coefficient (Wildman–Crippen LogP) is 2.12. The summed E-state index contributed by atoms with van der Waals surface area (Å²) in [6.45, 7) is 7.78. The maximum Gasteiger partial charge on any atom is 0.215 e. The average Bonchev–Trinajstić information content (AvgIpc) is 2.50. The maximum atomic E-state index is 12.3. The number of sulfonamides is 1. The lowest BCUT2D eigenvalue weighted by Gasteiger charge is -2.36. The molecule has 0 saturated carbocycles. The summed E-state index contributed by atoms with van der Waals surface area (Å²) in [5.74, 6) is 0.337. The highest BCUT2D eigenvalue weighted by Crippen LogP contribution is 2.14. The van der Waals surface area contributed by atoms with Gasteiger partial charge in [-0.2, -0.15) is 0 Å². The number of halogens is 1. The van der Waals surface area contributed by atoms with Crippen LogP contribution in [-0.4, -0.2) is 52.2 Å². The largest absolute Gasteiger partial charge is 0.379 e. The Labute approximate surface area is 144 Å². The van der Waals surface area contributed by atoms with Crippen molar-refractivity contribution in [3.63, 3.8) is 0 Å². The Morgan fingerprint density at radius 1 is 1.22 bits per heavy atom. The Morgan fingerprint density at radius 2 is 1.83 bits per heavy atom. The standard InChI is InChI=1S/C16H25ClN2O3S/c1-13(2)16(19-7-9-22-10-8-19)11-18-23(20,21)12-14-3-5-15(17)6-4-14/h3-6,13,16,18H,7-12H2,1-2H3. The minimum atomic E-state index is -3.37. The van der Waals surface area contributed by atoms with Crippen LogP contribution in [-0.2, 0) is 20.5 Å². The number of nitrogens with zero attached hydrogens (tertiary/aromatic N) is 1. The van der Waals surface area contributed by atoms with Gasteiger partial charge in [-0.25, -0.2) is 13.1 Å². The predicted molar refractivity (Wildman–Crippen MR) is 93.1 cm³/mol. The highest BCUT2D eigenvalue weighted by Gasteiger charge is 2.25. The molecule has 130 valence electrons. The highest BCUT2D eigenvalue weighted by atomic mass is 35.5. The first-order chi connectivity index (χ1) is 10.9. The van der Waals surface area contributed by atoms with Crippen LogP contribution in [0.2, 0.25) is 5.02 Å². The Hall–Kier alpha value is -0.660. The second-order valence-corrected chi connectivity index (χ2v) is 8.44. The van der Waals surface area contributed by atoms with Crippen molar-refractivity contribution >= 4 is 21.6 Å². The van der Waals surface area contributed by atoms with E-state index < -0.39 is 10.0 Å². The number of nitrogens with one attached hydrogen (secondary N) is 1. The van der Waals surface area contributed by atoms with Gasteiger partial charge < -0.3 is 4.74 Å². The summed E-state index contributed by atoms with van der Waals surface area (Å²) in [6.07, 6.45) is 0. The Balaban J connectivity index is 1.94. The topological polar surface area (TPSA) is 58.6 Å². The molecule has 1 aliphatic heterocycles. The number of ether oxygens (including phenoxy) is 1. The van der Waals surface area contributed by atoms with Gasteiger partial charge in [0.2, 0.25) is 10.0 Å². The molecule has 1 N–H and O–H groups in total. The number of rotatable bonds is 7. The maximum absolute atomic E-state index is 12.3. The molecule has 2 rings (SSSR count). The van der Waals surface area contributed by atoms with Crippen LogP contribution in [0.3, 0.4) is 0 Å². The molecule has 1 heterocycles. The molecule has 5 nitrogen and oxygen atoms in total. The normalized spacial score (nSPS) is 18.3. The summed E-state index contributed by atoms with van der Waals surface area (Å²) in [5.41, 5.74) is 0.731. The van der Waals surface area contributed by atoms with E-state index in [0.717, 1.165) is 18.7 Å². The molecule has 1 aliphatic rings. The lowest BCUT2D eigenvalue weighted by Crippen LogP contribution is -2.51. The first kappa shape index (κ1) is 18.7. The molecule has 1 saturated heterocycles. The molecule has 1 fully saturated rings. The van der Waals surface area contributed by atoms with Crippen molar-refractivity contribution in [2.75, 3.05) is 32.8 Å². The van der Waals surface area contributed by atoms with Crippen LogP contribution in [0.5, 0.6) is 0 Å². The number of hydrogen-bond donors (Lipinski definition) is 1. The van der Waals surface area contributed by atoms with Crippen molar-refractivity contribution in [2.24, 2.45) is 5.92 Å². The van der Waals surface area contributed by atoms with E-state index >= 15 is 0 Å². The van der Waals surface area contributed by atoms with Gasteiger partial charge in [0.25, 0.3) is 0 Å². The molecular weight excluding hydrogens is 336 g/mol. The van der Waals surface area contributed by atoms with Crippen molar-refractivity contribution in [3.05, 3.63) is 34.9 Å². The van der Waals surface area contributed by atoms with E-state index in [-0.39, 0.29) is 11.8 Å². The van der Waals surface area contributed by atoms with Crippen LogP contribution in [0.1, 0.15) is 19.4 Å². The van der Waals surface area contributed by atoms with E-state index in [1.165, 1.54) is 0 Å². The van der Waals surface area contributed by atoms with E-state index in [2.05, 4.69) is 23.5 Å². The molecule has 1 aromatic carbocycles. The van der Waals surface area contributed by atoms with Gasteiger partial charge in [0.15, 0.2) is 0 Å². The zero-order chi connectivity index (χ0) is 16.9. The van der Waals surface area contributed by atoms with Crippen LogP contribution >= 0.6 is 11.6 Å². The van der Waals surface area contributed by atoms with Crippen molar-refractivity contribution in [1.82, 2.24) is 9.62 Å². The Bertz CT molecular complexity index is 584. The van der Waals surface area contributed by atoms with Gasteiger partial charge in [0.1, 0.15) is 0 Å². The fourth-order valence-corrected chi connectivity index (χ4v) is 4.04. The van der Waals surface area contributed by atoms with Crippen molar-refractivity contribution in [3.8, 4) is 0 Å². The zero-order valence-electron chi connectivity index (χ0n) is 13.7. The van der Waals surface area contributed by atoms with Gasteiger partial charge >= 0.3 is 0 Å². The number of benzene rings is 1. The first-order valence-electron chi connectivity index (χ1n) is 7.91.